The summed E-state index contributed by atoms with van der Waals surface area (Å²) in [6.45, 7) is 0.0358. The van der Waals surface area contributed by atoms with Crippen molar-refractivity contribution in [1.82, 2.24) is 4.98 Å². The summed E-state index contributed by atoms with van der Waals surface area (Å²) in [4.78, 5) is 15.5. The summed E-state index contributed by atoms with van der Waals surface area (Å²) in [5.41, 5.74) is 8.22. The summed E-state index contributed by atoms with van der Waals surface area (Å²) in [5.74, 6) is -0.121. The van der Waals surface area contributed by atoms with Crippen LogP contribution in [0.3, 0.4) is 0 Å². The maximum atomic E-state index is 11.2. The summed E-state index contributed by atoms with van der Waals surface area (Å²) in [6, 6.07) is 17.4. The molecular weight excluding hydrogens is 428 g/mol. The van der Waals surface area contributed by atoms with Crippen LogP contribution in [0, 0.1) is 22.7 Å². The quantitative estimate of drug-likeness (QED) is 0.441. The van der Waals surface area contributed by atoms with Crippen molar-refractivity contribution in [3.63, 3.8) is 0 Å². The maximum absolute atomic E-state index is 11.2. The molecule has 0 radical (unpaired) electrons. The highest BCUT2D eigenvalue weighted by atomic mass is 32.2. The van der Waals surface area contributed by atoms with Crippen LogP contribution in [0.1, 0.15) is 27.0 Å². The van der Waals surface area contributed by atoms with Crippen molar-refractivity contribution in [1.29, 1.82) is 10.5 Å². The number of carboxylic acids is 1. The van der Waals surface area contributed by atoms with Crippen LogP contribution in [0.25, 0.3) is 11.1 Å². The average Bonchev–Trinajstić information content (AvgIpc) is 2.81. The SMILES string of the molecule is N#Cc1c(N)nc(SCc2cccc(C(=O)O)c2)c(C#N)c1-c1ccc(OCCO)cc1. The first kappa shape index (κ1) is 22.6. The highest BCUT2D eigenvalue weighted by Gasteiger charge is 2.20. The van der Waals surface area contributed by atoms with Crippen LogP contribution in [-0.4, -0.2) is 34.4 Å². The molecule has 2 aromatic carbocycles. The van der Waals surface area contributed by atoms with E-state index in [2.05, 4.69) is 11.1 Å². The molecule has 0 saturated heterocycles. The topological polar surface area (TPSA) is 153 Å². The van der Waals surface area contributed by atoms with Gasteiger partial charge in [0, 0.05) is 11.3 Å². The molecule has 0 aliphatic heterocycles. The minimum Gasteiger partial charge on any atom is -0.491 e. The average molecular weight is 446 g/mol. The van der Waals surface area contributed by atoms with Gasteiger partial charge in [-0.1, -0.05) is 24.3 Å². The molecule has 4 N–H and O–H groups in total. The van der Waals surface area contributed by atoms with Gasteiger partial charge in [-0.3, -0.25) is 0 Å². The largest absolute Gasteiger partial charge is 0.491 e. The molecule has 0 aliphatic carbocycles. The number of nitrogens with two attached hydrogens (primary N) is 1. The van der Waals surface area contributed by atoms with Crippen molar-refractivity contribution >= 4 is 23.5 Å². The fraction of sp³-hybridized carbons (Fsp3) is 0.130. The predicted molar refractivity (Wildman–Crippen MR) is 119 cm³/mol. The third kappa shape index (κ3) is 4.98. The Kier molecular flexibility index (Phi) is 7.29. The number of anilines is 1. The summed E-state index contributed by atoms with van der Waals surface area (Å²) in [7, 11) is 0. The Balaban J connectivity index is 1.99. The van der Waals surface area contributed by atoms with E-state index in [-0.39, 0.29) is 35.7 Å². The summed E-state index contributed by atoms with van der Waals surface area (Å²) in [5, 5.41) is 37.9. The van der Waals surface area contributed by atoms with Crippen LogP contribution < -0.4 is 10.5 Å². The molecule has 9 heteroatoms. The molecule has 0 amide bonds. The van der Waals surface area contributed by atoms with E-state index in [1.807, 2.05) is 6.07 Å². The maximum Gasteiger partial charge on any atom is 0.335 e. The van der Waals surface area contributed by atoms with Crippen LogP contribution in [0.15, 0.2) is 53.6 Å². The van der Waals surface area contributed by atoms with E-state index in [9.17, 15) is 15.3 Å². The summed E-state index contributed by atoms with van der Waals surface area (Å²) in [6.07, 6.45) is 0. The van der Waals surface area contributed by atoms with Crippen molar-refractivity contribution < 1.29 is 19.7 Å². The number of carbonyl (C=O) groups is 1. The predicted octanol–water partition coefficient (Wildman–Crippen LogP) is 3.44. The molecule has 8 nitrogen and oxygen atoms in total. The van der Waals surface area contributed by atoms with Crippen LogP contribution >= 0.6 is 11.8 Å². The Hall–Kier alpha value is -4.05. The van der Waals surface area contributed by atoms with Gasteiger partial charge in [0.1, 0.15) is 40.9 Å². The number of aromatic carboxylic acids is 1. The Morgan fingerprint density at radius 3 is 2.47 bits per heavy atom. The Morgan fingerprint density at radius 1 is 1.12 bits per heavy atom. The zero-order chi connectivity index (χ0) is 23.1. The lowest BCUT2D eigenvalue weighted by molar-refractivity contribution is 0.0696. The first-order chi connectivity index (χ1) is 15.5. The van der Waals surface area contributed by atoms with Crippen LogP contribution in [-0.2, 0) is 5.75 Å². The van der Waals surface area contributed by atoms with E-state index in [4.69, 9.17) is 20.7 Å². The second-order valence-electron chi connectivity index (χ2n) is 6.54. The van der Waals surface area contributed by atoms with Crippen molar-refractivity contribution in [2.45, 2.75) is 10.8 Å². The lowest BCUT2D eigenvalue weighted by atomic mass is 9.97. The molecule has 1 heterocycles. The van der Waals surface area contributed by atoms with Gasteiger partial charge in [-0.15, -0.1) is 11.8 Å². The molecule has 0 fully saturated rings. The van der Waals surface area contributed by atoms with E-state index < -0.39 is 5.97 Å². The molecule has 3 aromatic rings. The summed E-state index contributed by atoms with van der Waals surface area (Å²) < 4.78 is 5.36. The number of nitriles is 2. The third-order valence-electron chi connectivity index (χ3n) is 4.47. The number of ether oxygens (including phenoxy) is 1. The molecule has 1 aromatic heterocycles. The number of aliphatic hydroxyl groups excluding tert-OH is 1. The number of thioether (sulfide) groups is 1. The number of pyridine rings is 1. The standard InChI is InChI=1S/C23H18N4O4S/c24-11-18-20(15-4-6-17(7-5-15)31-9-8-28)19(12-25)22(27-21(18)26)32-13-14-2-1-3-16(10-14)23(29)30/h1-7,10,28H,8-9,13H2,(H2,26,27)(H,29,30). The molecule has 0 aliphatic rings. The zero-order valence-electron chi connectivity index (χ0n) is 16.8. The van der Waals surface area contributed by atoms with Gasteiger partial charge in [-0.2, -0.15) is 10.5 Å². The fourth-order valence-corrected chi connectivity index (χ4v) is 3.96. The molecule has 0 saturated carbocycles. The van der Waals surface area contributed by atoms with Gasteiger partial charge in [-0.05, 0) is 35.4 Å². The molecular formula is C23H18N4O4S. The van der Waals surface area contributed by atoms with Gasteiger partial charge in [0.15, 0.2) is 0 Å². The highest BCUT2D eigenvalue weighted by molar-refractivity contribution is 7.98. The number of nitrogen functional groups attached to an aromatic ring is 1. The van der Waals surface area contributed by atoms with Gasteiger partial charge in [0.2, 0.25) is 0 Å². The van der Waals surface area contributed by atoms with Crippen LogP contribution in [0.2, 0.25) is 0 Å². The van der Waals surface area contributed by atoms with Gasteiger partial charge in [0.25, 0.3) is 0 Å². The van der Waals surface area contributed by atoms with Gasteiger partial charge < -0.3 is 20.7 Å². The number of benzene rings is 2. The van der Waals surface area contributed by atoms with Crippen molar-refractivity contribution in [2.75, 3.05) is 18.9 Å². The minimum absolute atomic E-state index is 0.00361. The minimum atomic E-state index is -1.02. The normalized spacial score (nSPS) is 10.2. The third-order valence-corrected chi connectivity index (χ3v) is 5.51. The second kappa shape index (κ2) is 10.3. The van der Waals surface area contributed by atoms with Gasteiger partial charge in [0.05, 0.1) is 17.7 Å². The van der Waals surface area contributed by atoms with E-state index >= 15 is 0 Å². The molecule has 32 heavy (non-hydrogen) atoms. The number of aromatic nitrogens is 1. The first-order valence-corrected chi connectivity index (χ1v) is 10.4. The van der Waals surface area contributed by atoms with Crippen LogP contribution in [0.5, 0.6) is 5.75 Å². The lowest BCUT2D eigenvalue weighted by Crippen LogP contribution is -2.04. The van der Waals surface area contributed by atoms with E-state index in [1.165, 1.54) is 17.8 Å². The molecule has 0 bridgehead atoms. The van der Waals surface area contributed by atoms with Crippen LogP contribution in [0.4, 0.5) is 5.82 Å². The number of rotatable bonds is 8. The lowest BCUT2D eigenvalue weighted by Gasteiger charge is -2.13. The number of nitrogens with zero attached hydrogens (tertiary/aromatic N) is 3. The number of hydrogen-bond acceptors (Lipinski definition) is 8. The molecule has 3 rings (SSSR count). The van der Waals surface area contributed by atoms with Crippen molar-refractivity contribution in [3.8, 4) is 29.0 Å². The number of hydrogen-bond donors (Lipinski definition) is 3. The monoisotopic (exact) mass is 446 g/mol. The van der Waals surface area contributed by atoms with E-state index in [0.717, 1.165) is 5.56 Å². The van der Waals surface area contributed by atoms with Gasteiger partial charge in [-0.25, -0.2) is 9.78 Å². The summed E-state index contributed by atoms with van der Waals surface area (Å²) >= 11 is 1.23. The molecule has 0 spiro atoms. The highest BCUT2D eigenvalue weighted by Crippen LogP contribution is 2.37. The molecule has 0 atom stereocenters. The number of aliphatic hydroxyl groups is 1. The fourth-order valence-electron chi connectivity index (χ4n) is 3.02. The zero-order valence-corrected chi connectivity index (χ0v) is 17.6. The van der Waals surface area contributed by atoms with E-state index in [1.54, 1.807) is 42.5 Å². The van der Waals surface area contributed by atoms with Crippen molar-refractivity contribution in [3.05, 3.63) is 70.8 Å². The smallest absolute Gasteiger partial charge is 0.335 e. The Bertz CT molecular complexity index is 1230. The second-order valence-corrected chi connectivity index (χ2v) is 7.51. The molecule has 160 valence electrons. The van der Waals surface area contributed by atoms with Gasteiger partial charge >= 0.3 is 5.97 Å². The Morgan fingerprint density at radius 2 is 1.84 bits per heavy atom. The first-order valence-electron chi connectivity index (χ1n) is 9.41. The van der Waals surface area contributed by atoms with E-state index in [0.29, 0.717) is 27.7 Å². The Labute approximate surface area is 188 Å². The number of carboxylic acid groups (broad SMARTS) is 1. The molecule has 0 unspecified atom stereocenters. The van der Waals surface area contributed by atoms with Crippen molar-refractivity contribution in [2.24, 2.45) is 0 Å².